The van der Waals surface area contributed by atoms with Crippen molar-refractivity contribution in [2.75, 3.05) is 55.3 Å². The first-order valence-electron chi connectivity index (χ1n) is 25.2. The first kappa shape index (κ1) is 54.6. The minimum Gasteiger partial charge on any atom is -0.493 e. The van der Waals surface area contributed by atoms with Crippen LogP contribution in [0.5, 0.6) is 5.75 Å². The summed E-state index contributed by atoms with van der Waals surface area (Å²) in [7, 11) is 0. The van der Waals surface area contributed by atoms with Crippen LogP contribution in [0.3, 0.4) is 0 Å². The zero-order chi connectivity index (χ0) is 53.1. The van der Waals surface area contributed by atoms with E-state index in [0.29, 0.717) is 63.9 Å². The van der Waals surface area contributed by atoms with Gasteiger partial charge in [0.15, 0.2) is 11.5 Å². The number of amides is 5. The average Bonchev–Trinajstić information content (AvgIpc) is 3.76. The third kappa shape index (κ3) is 13.2. The van der Waals surface area contributed by atoms with Gasteiger partial charge in [0, 0.05) is 61.7 Å². The number of nitrogen functional groups attached to an aromatic ring is 1. The minimum atomic E-state index is -1.99. The van der Waals surface area contributed by atoms with E-state index in [9.17, 15) is 33.5 Å². The molecule has 3 saturated heterocycles. The molecule has 0 radical (unpaired) electrons. The Morgan fingerprint density at radius 2 is 1.78 bits per heavy atom. The molecule has 18 nitrogen and oxygen atoms in total. The summed E-state index contributed by atoms with van der Waals surface area (Å²) in [5.41, 5.74) is 14.3. The van der Waals surface area contributed by atoms with Crippen LogP contribution in [0.2, 0.25) is 5.02 Å². The van der Waals surface area contributed by atoms with Crippen LogP contribution in [0.25, 0.3) is 10.4 Å². The van der Waals surface area contributed by atoms with Gasteiger partial charge in [0.1, 0.15) is 35.1 Å². The molecule has 4 aliphatic rings. The molecule has 1 aliphatic carbocycles. The first-order chi connectivity index (χ1) is 35.1. The number of alkyl halides is 1. The molecule has 1 saturated carbocycles. The van der Waals surface area contributed by atoms with Crippen molar-refractivity contribution in [3.63, 3.8) is 0 Å². The number of nitrogens with one attached hydrogen (secondary N) is 3. The number of nitrogens with two attached hydrogens (primary N) is 2. The number of anilines is 3. The number of nitrogens with zero attached hydrogens (tertiary/aromatic N) is 6. The first-order valence-corrected chi connectivity index (χ1v) is 27.3. The van der Waals surface area contributed by atoms with E-state index in [1.807, 2.05) is 25.1 Å². The predicted octanol–water partition coefficient (Wildman–Crippen LogP) is 6.26. The summed E-state index contributed by atoms with van der Waals surface area (Å²) in [5.74, 6) is -0.881. The number of likely N-dealkylation sites (tertiary alicyclic amines) is 2. The van der Waals surface area contributed by atoms with E-state index in [0.717, 1.165) is 54.9 Å². The summed E-state index contributed by atoms with van der Waals surface area (Å²) in [6.45, 7) is 12.1. The van der Waals surface area contributed by atoms with E-state index >= 15 is 0 Å². The smallest absolute Gasteiger partial charge is 0.258 e. The molecule has 5 amide bonds. The molecular weight excluding hydrogens is 1010 g/mol. The quantitative estimate of drug-likeness (QED) is 0.0639. The Morgan fingerprint density at radius 3 is 2.45 bits per heavy atom. The van der Waals surface area contributed by atoms with E-state index in [-0.39, 0.29) is 62.0 Å². The van der Waals surface area contributed by atoms with Crippen LogP contribution in [0.1, 0.15) is 96.7 Å². The molecule has 4 aromatic rings. The third-order valence-corrected chi connectivity index (χ3v) is 16.9. The van der Waals surface area contributed by atoms with Gasteiger partial charge in [0.05, 0.1) is 45.7 Å². The molecule has 8 rings (SSSR count). The van der Waals surface area contributed by atoms with E-state index < -0.39 is 52.9 Å². The van der Waals surface area contributed by atoms with Crippen molar-refractivity contribution in [3.8, 4) is 16.2 Å². The number of thiazole rings is 1. The number of aromatic nitrogens is 3. The highest BCUT2D eigenvalue weighted by atomic mass is 35.5. The Hall–Kier alpha value is -5.61. The van der Waals surface area contributed by atoms with Crippen molar-refractivity contribution >= 4 is 81.6 Å². The molecule has 2 aromatic carbocycles. The average molecular weight is 1080 g/mol. The van der Waals surface area contributed by atoms with Gasteiger partial charge in [-0.3, -0.25) is 24.0 Å². The molecule has 0 spiro atoms. The number of aliphatic hydroxyl groups excluding tert-OH is 1. The van der Waals surface area contributed by atoms with Gasteiger partial charge in [-0.05, 0) is 93.9 Å². The molecule has 3 atom stereocenters. The summed E-state index contributed by atoms with van der Waals surface area (Å²) in [5, 5.41) is 19.8. The number of ether oxygens (including phenoxy) is 1. The molecule has 0 bridgehead atoms. The van der Waals surface area contributed by atoms with Gasteiger partial charge in [-0.2, -0.15) is 0 Å². The maximum Gasteiger partial charge on any atom is 0.258 e. The largest absolute Gasteiger partial charge is 0.493 e. The van der Waals surface area contributed by atoms with Crippen molar-refractivity contribution in [3.05, 3.63) is 64.4 Å². The van der Waals surface area contributed by atoms with E-state index in [1.165, 1.54) is 28.0 Å². The molecule has 74 heavy (non-hydrogen) atoms. The number of halogens is 2. The number of piperidine rings is 2. The maximum atomic E-state index is 14.7. The van der Waals surface area contributed by atoms with Crippen LogP contribution >= 0.6 is 34.7 Å². The number of β-amino-alcohol motifs (C(OH)–C–C–N with tert-alkyl or cyclic N) is 1. The molecule has 22 heteroatoms. The summed E-state index contributed by atoms with van der Waals surface area (Å²) >= 11 is 9.51. The zero-order valence-corrected chi connectivity index (χ0v) is 44.9. The summed E-state index contributed by atoms with van der Waals surface area (Å²) in [4.78, 5) is 87.4. The SMILES string of the molecule is Cc1ncsc1-c1ccc(CNC(=O)[C@@H]2C[C@@H](O)CN2C(=O)[C@@H](NC(=O)C2(F)CC2)C(C)(C)C)c(OCCC2CCN(C(=O)CC(=O)Nc3cccc(Sc4ncc(N5CCC(C)(N)CC5)nc4N)c3Cl)CC2)c1. The van der Waals surface area contributed by atoms with Crippen LogP contribution in [0, 0.1) is 18.3 Å². The number of benzene rings is 2. The third-order valence-electron chi connectivity index (χ3n) is 14.4. The van der Waals surface area contributed by atoms with Crippen molar-refractivity contribution in [1.29, 1.82) is 0 Å². The monoisotopic (exact) mass is 1080 g/mol. The molecule has 3 aliphatic heterocycles. The van der Waals surface area contributed by atoms with Gasteiger partial charge in [-0.15, -0.1) is 11.3 Å². The molecule has 5 heterocycles. The van der Waals surface area contributed by atoms with Crippen LogP contribution in [-0.4, -0.2) is 128 Å². The fraction of sp³-hybridized carbons (Fsp3) is 0.538. The van der Waals surface area contributed by atoms with Crippen molar-refractivity contribution in [1.82, 2.24) is 35.4 Å². The van der Waals surface area contributed by atoms with Crippen LogP contribution < -0.4 is 37.1 Å². The Labute approximate surface area is 444 Å². The summed E-state index contributed by atoms with van der Waals surface area (Å²) in [6.07, 6.45) is 4.38. The van der Waals surface area contributed by atoms with Gasteiger partial charge in [-0.25, -0.2) is 19.3 Å². The van der Waals surface area contributed by atoms with Crippen LogP contribution in [0.4, 0.5) is 21.7 Å². The van der Waals surface area contributed by atoms with Gasteiger partial charge in [0.25, 0.3) is 5.91 Å². The number of carbonyl (C=O) groups is 5. The number of hydrogen-bond donors (Lipinski definition) is 6. The number of rotatable bonds is 17. The lowest BCUT2D eigenvalue weighted by molar-refractivity contribution is -0.145. The number of carbonyl (C=O) groups excluding carboxylic acids is 5. The number of aryl methyl sites for hydroxylation is 1. The minimum absolute atomic E-state index is 0.00230. The zero-order valence-electron chi connectivity index (χ0n) is 42.5. The van der Waals surface area contributed by atoms with Gasteiger partial charge in [-0.1, -0.05) is 62.3 Å². The molecular formula is C52H67ClFN11O7S2. The normalized spacial score (nSPS) is 19.9. The summed E-state index contributed by atoms with van der Waals surface area (Å²) in [6, 6.07) is 8.84. The lowest BCUT2D eigenvalue weighted by Gasteiger charge is -2.37. The topological polar surface area (TPSA) is 251 Å². The number of aliphatic hydroxyl groups is 1. The van der Waals surface area contributed by atoms with E-state index in [2.05, 4.69) is 42.7 Å². The molecule has 2 aromatic heterocycles. The molecule has 4 fully saturated rings. The number of hydrogen-bond acceptors (Lipinski definition) is 15. The van der Waals surface area contributed by atoms with Crippen LogP contribution in [0.15, 0.2) is 58.0 Å². The Morgan fingerprint density at radius 1 is 1.05 bits per heavy atom. The van der Waals surface area contributed by atoms with E-state index in [1.54, 1.807) is 55.6 Å². The second-order valence-corrected chi connectivity index (χ2v) is 23.7. The van der Waals surface area contributed by atoms with Gasteiger partial charge < -0.3 is 52.0 Å². The van der Waals surface area contributed by atoms with Crippen molar-refractivity contribution in [2.24, 2.45) is 17.1 Å². The van der Waals surface area contributed by atoms with Crippen LogP contribution in [-0.2, 0) is 30.5 Å². The standard InChI is InChI=1S/C52H67ClFN11O7S2/c1-30-43(73-29-59-30)32-9-10-33(26-57-46(69)36-24-34(66)28-65(36)48(70)44(50(2,3)4)62-49(71)52(54)14-15-52)37(23-32)72-22-13-31-11-18-64(19-12-31)41(68)25-40(67)60-35-7-6-8-38(42(35)53)74-47-45(55)61-39(27-58-47)63-20-16-51(5,56)17-21-63/h6-10,23,27,29,31,34,36,44,66H,11-22,24-26,28,56H2,1-5H3,(H2,55,61)(H,57,69)(H,60,67)(H,62,71)/t34-,36+,44-/m1/s1. The Bertz CT molecular complexity index is 2740. The fourth-order valence-electron chi connectivity index (χ4n) is 9.47. The fourth-order valence-corrected chi connectivity index (χ4v) is 11.4. The summed E-state index contributed by atoms with van der Waals surface area (Å²) < 4.78 is 21.1. The molecule has 8 N–H and O–H groups in total. The molecule has 398 valence electrons. The predicted molar refractivity (Wildman–Crippen MR) is 283 cm³/mol. The lowest BCUT2D eigenvalue weighted by Crippen LogP contribution is -2.59. The van der Waals surface area contributed by atoms with Crippen molar-refractivity contribution < 1.29 is 38.2 Å². The highest BCUT2D eigenvalue weighted by Gasteiger charge is 2.53. The second-order valence-electron chi connectivity index (χ2n) is 21.4. The van der Waals surface area contributed by atoms with Gasteiger partial charge >= 0.3 is 0 Å². The second kappa shape index (κ2) is 22.7. The van der Waals surface area contributed by atoms with Gasteiger partial charge in [0.2, 0.25) is 23.6 Å². The van der Waals surface area contributed by atoms with Crippen molar-refractivity contribution in [2.45, 2.75) is 138 Å². The Kier molecular flexibility index (Phi) is 16.8. The maximum absolute atomic E-state index is 14.7. The Balaban J connectivity index is 0.822. The highest BCUT2D eigenvalue weighted by molar-refractivity contribution is 7.99. The lowest BCUT2D eigenvalue weighted by atomic mass is 9.85. The van der Waals surface area contributed by atoms with E-state index in [4.69, 9.17) is 27.8 Å². The highest BCUT2D eigenvalue weighted by Crippen LogP contribution is 2.41. The molecule has 0 unspecified atom stereocenters.